The molecular weight excluding hydrogens is 410 g/mol. The molecule has 1 heterocycles. The van der Waals surface area contributed by atoms with Crippen LogP contribution in [0.5, 0.6) is 0 Å². The summed E-state index contributed by atoms with van der Waals surface area (Å²) in [6.07, 6.45) is 1.27. The van der Waals surface area contributed by atoms with Crippen LogP contribution in [0, 0.1) is 0 Å². The van der Waals surface area contributed by atoms with Crippen molar-refractivity contribution < 1.29 is 23.9 Å². The number of esters is 1. The van der Waals surface area contributed by atoms with Crippen LogP contribution in [0.15, 0.2) is 60.8 Å². The Morgan fingerprint density at radius 2 is 1.72 bits per heavy atom. The Balaban J connectivity index is 1.76. The first kappa shape index (κ1) is 22.9. The van der Waals surface area contributed by atoms with Gasteiger partial charge in [0.15, 0.2) is 0 Å². The smallest absolute Gasteiger partial charge is 0.408 e. The van der Waals surface area contributed by atoms with Gasteiger partial charge in [-0.05, 0) is 31.0 Å². The minimum Gasteiger partial charge on any atom is -0.467 e. The summed E-state index contributed by atoms with van der Waals surface area (Å²) >= 11 is 0. The number of H-pyrrole nitrogens is 1. The lowest BCUT2D eigenvalue weighted by Gasteiger charge is -2.26. The first-order valence-corrected chi connectivity index (χ1v) is 10.2. The fraction of sp³-hybridized carbons (Fsp3) is 0.292. The van der Waals surface area contributed by atoms with Gasteiger partial charge in [0, 0.05) is 23.5 Å². The zero-order chi connectivity index (χ0) is 23.1. The third-order valence-corrected chi connectivity index (χ3v) is 5.05. The van der Waals surface area contributed by atoms with Crippen LogP contribution in [-0.4, -0.2) is 41.6 Å². The van der Waals surface area contributed by atoms with Crippen LogP contribution in [-0.2, 0) is 32.1 Å². The van der Waals surface area contributed by atoms with Gasteiger partial charge in [-0.15, -0.1) is 0 Å². The van der Waals surface area contributed by atoms with Crippen molar-refractivity contribution in [2.75, 3.05) is 7.11 Å². The number of nitrogens with one attached hydrogen (secondary N) is 3. The molecule has 0 aliphatic rings. The Morgan fingerprint density at radius 1 is 1.03 bits per heavy atom. The number of aromatic amines is 1. The topological polar surface area (TPSA) is 110 Å². The number of alkyl carbamates (subject to hydrolysis) is 1. The predicted octanol–water partition coefficient (Wildman–Crippen LogP) is 3.07. The van der Waals surface area contributed by atoms with Crippen LogP contribution in [0.2, 0.25) is 0 Å². The van der Waals surface area contributed by atoms with Gasteiger partial charge < -0.3 is 25.1 Å². The van der Waals surface area contributed by atoms with E-state index in [1.807, 2.05) is 54.6 Å². The maximum atomic E-state index is 13.1. The fourth-order valence-electron chi connectivity index (χ4n) is 3.34. The zero-order valence-electron chi connectivity index (χ0n) is 18.3. The molecule has 3 aromatic rings. The molecule has 0 spiro atoms. The number of aromatic nitrogens is 1. The number of benzene rings is 2. The van der Waals surface area contributed by atoms with Gasteiger partial charge in [0.2, 0.25) is 5.91 Å². The molecular formula is C24H27N3O5. The van der Waals surface area contributed by atoms with Crippen molar-refractivity contribution in [3.05, 3.63) is 71.9 Å². The molecule has 2 amide bonds. The van der Waals surface area contributed by atoms with Crippen LogP contribution < -0.4 is 10.6 Å². The van der Waals surface area contributed by atoms with E-state index in [0.29, 0.717) is 0 Å². The molecule has 0 bridgehead atoms. The van der Waals surface area contributed by atoms with Crippen molar-refractivity contribution in [3.63, 3.8) is 0 Å². The van der Waals surface area contributed by atoms with Crippen molar-refractivity contribution in [1.29, 1.82) is 0 Å². The maximum Gasteiger partial charge on any atom is 0.408 e. The molecule has 2 aromatic carbocycles. The Hall–Kier alpha value is -3.81. The molecule has 8 nitrogen and oxygen atoms in total. The minimum absolute atomic E-state index is 0.0712. The molecule has 0 radical (unpaired) electrons. The lowest BCUT2D eigenvalue weighted by molar-refractivity contribution is -0.149. The van der Waals surface area contributed by atoms with E-state index < -0.39 is 29.6 Å². The highest BCUT2D eigenvalue weighted by molar-refractivity contribution is 5.92. The maximum absolute atomic E-state index is 13.1. The van der Waals surface area contributed by atoms with Crippen molar-refractivity contribution in [3.8, 4) is 0 Å². The van der Waals surface area contributed by atoms with E-state index in [1.165, 1.54) is 21.0 Å². The molecule has 1 aromatic heterocycles. The molecule has 32 heavy (non-hydrogen) atoms. The van der Waals surface area contributed by atoms with Gasteiger partial charge in [-0.1, -0.05) is 48.5 Å². The SMILES string of the molecule is COC(=O)C(C)(C)NC(=O)[C@H](Cc1c[nH]c2ccccc12)NC(=O)OCc1ccccc1. The highest BCUT2D eigenvalue weighted by Crippen LogP contribution is 2.19. The summed E-state index contributed by atoms with van der Waals surface area (Å²) in [7, 11) is 1.25. The van der Waals surface area contributed by atoms with Crippen molar-refractivity contribution in [1.82, 2.24) is 15.6 Å². The number of carbonyl (C=O) groups is 3. The van der Waals surface area contributed by atoms with Crippen molar-refractivity contribution in [2.24, 2.45) is 0 Å². The van der Waals surface area contributed by atoms with Gasteiger partial charge in [0.05, 0.1) is 7.11 Å². The first-order chi connectivity index (χ1) is 15.3. The summed E-state index contributed by atoms with van der Waals surface area (Å²) in [6, 6.07) is 15.9. The molecule has 3 rings (SSSR count). The summed E-state index contributed by atoms with van der Waals surface area (Å²) in [4.78, 5) is 40.7. The monoisotopic (exact) mass is 437 g/mol. The van der Waals surface area contributed by atoms with Crippen LogP contribution in [0.4, 0.5) is 4.79 Å². The number of hydrogen-bond acceptors (Lipinski definition) is 5. The Labute approximate surface area is 186 Å². The molecule has 0 saturated heterocycles. The average molecular weight is 437 g/mol. The van der Waals surface area contributed by atoms with Gasteiger partial charge in [0.25, 0.3) is 0 Å². The number of para-hydroxylation sites is 1. The quantitative estimate of drug-likeness (QED) is 0.469. The third-order valence-electron chi connectivity index (χ3n) is 5.05. The highest BCUT2D eigenvalue weighted by Gasteiger charge is 2.34. The second-order valence-corrected chi connectivity index (χ2v) is 7.93. The van der Waals surface area contributed by atoms with Crippen LogP contribution in [0.1, 0.15) is 25.0 Å². The second-order valence-electron chi connectivity index (χ2n) is 7.93. The van der Waals surface area contributed by atoms with Crippen LogP contribution >= 0.6 is 0 Å². The van der Waals surface area contributed by atoms with Crippen molar-refractivity contribution in [2.45, 2.75) is 38.5 Å². The van der Waals surface area contributed by atoms with Crippen LogP contribution in [0.25, 0.3) is 10.9 Å². The fourth-order valence-corrected chi connectivity index (χ4v) is 3.34. The number of hydrogen-bond donors (Lipinski definition) is 3. The number of methoxy groups -OCH3 is 1. The number of carbonyl (C=O) groups excluding carboxylic acids is 3. The van der Waals surface area contributed by atoms with E-state index in [0.717, 1.165) is 22.0 Å². The molecule has 0 fully saturated rings. The van der Waals surface area contributed by atoms with Gasteiger partial charge in [-0.3, -0.25) is 4.79 Å². The lowest BCUT2D eigenvalue weighted by Crippen LogP contribution is -2.57. The second kappa shape index (κ2) is 10.00. The highest BCUT2D eigenvalue weighted by atomic mass is 16.5. The van der Waals surface area contributed by atoms with Crippen LogP contribution in [0.3, 0.4) is 0 Å². The molecule has 0 unspecified atom stereocenters. The number of amides is 2. The summed E-state index contributed by atoms with van der Waals surface area (Å²) < 4.78 is 10.0. The molecule has 1 atom stereocenters. The van der Waals surface area contributed by atoms with E-state index in [1.54, 1.807) is 6.20 Å². The number of fused-ring (bicyclic) bond motifs is 1. The molecule has 0 aliphatic carbocycles. The van der Waals surface area contributed by atoms with Gasteiger partial charge >= 0.3 is 12.1 Å². The number of rotatable bonds is 8. The van der Waals surface area contributed by atoms with Gasteiger partial charge in [0.1, 0.15) is 18.2 Å². The Bertz CT molecular complexity index is 1090. The Morgan fingerprint density at radius 3 is 2.44 bits per heavy atom. The van der Waals surface area contributed by atoms with Gasteiger partial charge in [-0.25, -0.2) is 9.59 Å². The third kappa shape index (κ3) is 5.66. The average Bonchev–Trinajstić information content (AvgIpc) is 3.20. The first-order valence-electron chi connectivity index (χ1n) is 10.2. The van der Waals surface area contributed by atoms with Gasteiger partial charge in [-0.2, -0.15) is 0 Å². The largest absolute Gasteiger partial charge is 0.467 e. The standard InChI is InChI=1S/C24H27N3O5/c1-24(2,22(29)31-3)27-21(28)20(13-17-14-25-19-12-8-7-11-18(17)19)26-23(30)32-15-16-9-5-4-6-10-16/h4-12,14,20,25H,13,15H2,1-3H3,(H,26,30)(H,27,28)/t20-/m0/s1. The molecule has 168 valence electrons. The number of ether oxygens (including phenoxy) is 2. The van der Waals surface area contributed by atoms with E-state index in [-0.39, 0.29) is 13.0 Å². The van der Waals surface area contributed by atoms with E-state index in [4.69, 9.17) is 9.47 Å². The van der Waals surface area contributed by atoms with E-state index in [9.17, 15) is 14.4 Å². The molecule has 3 N–H and O–H groups in total. The molecule has 8 heteroatoms. The normalized spacial score (nSPS) is 12.1. The minimum atomic E-state index is -1.26. The summed E-state index contributed by atoms with van der Waals surface area (Å²) in [6.45, 7) is 3.14. The summed E-state index contributed by atoms with van der Waals surface area (Å²) in [5.41, 5.74) is 1.33. The summed E-state index contributed by atoms with van der Waals surface area (Å²) in [5, 5.41) is 6.22. The zero-order valence-corrected chi connectivity index (χ0v) is 18.3. The lowest BCUT2D eigenvalue weighted by atomic mass is 10.0. The van der Waals surface area contributed by atoms with E-state index in [2.05, 4.69) is 15.6 Å². The predicted molar refractivity (Wildman–Crippen MR) is 120 cm³/mol. The molecule has 0 aliphatic heterocycles. The van der Waals surface area contributed by atoms with E-state index >= 15 is 0 Å². The molecule has 0 saturated carbocycles. The van der Waals surface area contributed by atoms with Crippen molar-refractivity contribution >= 4 is 28.9 Å². The Kier molecular flexibility index (Phi) is 7.14. The summed E-state index contributed by atoms with van der Waals surface area (Å²) in [5.74, 6) is -1.12.